The lowest BCUT2D eigenvalue weighted by molar-refractivity contribution is -0.134. The topological polar surface area (TPSA) is 91.7 Å². The molecular weight excluding hydrogens is 444 g/mol. The first-order valence-electron chi connectivity index (χ1n) is 11.2. The summed E-state index contributed by atoms with van der Waals surface area (Å²) >= 11 is 6.00. The van der Waals surface area contributed by atoms with Crippen LogP contribution in [-0.4, -0.2) is 51.3 Å². The van der Waals surface area contributed by atoms with E-state index in [0.717, 1.165) is 17.7 Å². The molecule has 172 valence electrons. The number of carbonyl (C=O) groups is 3. The Balaban J connectivity index is 1.19. The molecule has 0 spiro atoms. The number of likely N-dealkylation sites (tertiary alicyclic amines) is 1. The zero-order valence-electron chi connectivity index (χ0n) is 18.1. The summed E-state index contributed by atoms with van der Waals surface area (Å²) in [6, 6.07) is 11.2. The number of rotatable bonds is 5. The molecule has 2 saturated heterocycles. The van der Waals surface area contributed by atoms with E-state index < -0.39 is 12.1 Å². The van der Waals surface area contributed by atoms with E-state index in [2.05, 4.69) is 5.32 Å². The highest BCUT2D eigenvalue weighted by atomic mass is 35.5. The van der Waals surface area contributed by atoms with E-state index in [1.54, 1.807) is 30.3 Å². The van der Waals surface area contributed by atoms with Crippen LogP contribution in [0.15, 0.2) is 47.3 Å². The summed E-state index contributed by atoms with van der Waals surface area (Å²) in [6.07, 6.45) is 1.42. The number of nitrogens with one attached hydrogen (secondary N) is 1. The number of piperidine rings is 1. The summed E-state index contributed by atoms with van der Waals surface area (Å²) in [5.74, 6) is 0.0565. The van der Waals surface area contributed by atoms with Crippen LogP contribution in [0.4, 0.5) is 4.79 Å². The number of fused-ring (bicyclic) bond motifs is 4. The Morgan fingerprint density at radius 3 is 2.70 bits per heavy atom. The maximum Gasteiger partial charge on any atom is 0.325 e. The Morgan fingerprint density at radius 2 is 1.88 bits per heavy atom. The van der Waals surface area contributed by atoms with Crippen LogP contribution < -0.4 is 10.9 Å². The number of aromatic nitrogens is 1. The van der Waals surface area contributed by atoms with Crippen molar-refractivity contribution in [3.63, 3.8) is 0 Å². The number of pyridine rings is 1. The number of carbonyl (C=O) groups excluding carboxylic acids is 3. The molecule has 1 N–H and O–H groups in total. The predicted octanol–water partition coefficient (Wildman–Crippen LogP) is 2.35. The predicted molar refractivity (Wildman–Crippen MR) is 122 cm³/mol. The summed E-state index contributed by atoms with van der Waals surface area (Å²) < 4.78 is 1.84. The number of benzene rings is 1. The maximum atomic E-state index is 13.0. The molecule has 2 bridgehead atoms. The van der Waals surface area contributed by atoms with Gasteiger partial charge in [0, 0.05) is 48.8 Å². The van der Waals surface area contributed by atoms with Gasteiger partial charge in [-0.3, -0.25) is 19.3 Å². The molecule has 1 aromatic heterocycles. The van der Waals surface area contributed by atoms with Crippen molar-refractivity contribution in [1.29, 1.82) is 0 Å². The molecule has 33 heavy (non-hydrogen) atoms. The van der Waals surface area contributed by atoms with Gasteiger partial charge in [-0.25, -0.2) is 4.79 Å². The summed E-state index contributed by atoms with van der Waals surface area (Å²) in [5.41, 5.74) is 1.77. The fourth-order valence-corrected chi connectivity index (χ4v) is 5.48. The SMILES string of the molecule is O=C(CCC1NC(=O)N(Cc2cccc(Cl)c2)C1=O)N1CC2CC(C1)c1cccc(=O)n1C2. The molecule has 4 amide bonds. The van der Waals surface area contributed by atoms with Crippen molar-refractivity contribution in [3.05, 3.63) is 69.1 Å². The highest BCUT2D eigenvalue weighted by molar-refractivity contribution is 6.30. The largest absolute Gasteiger partial charge is 0.342 e. The smallest absolute Gasteiger partial charge is 0.325 e. The molecule has 3 unspecified atom stereocenters. The van der Waals surface area contributed by atoms with Crippen molar-refractivity contribution < 1.29 is 14.4 Å². The molecule has 0 saturated carbocycles. The first kappa shape index (κ1) is 21.7. The van der Waals surface area contributed by atoms with Crippen LogP contribution in [0, 0.1) is 5.92 Å². The number of urea groups is 1. The molecule has 9 heteroatoms. The standard InChI is InChI=1S/C24H25ClN4O4/c25-18-4-1-3-15(10-18)12-29-23(32)19(26-24(29)33)7-8-21(30)27-11-16-9-17(14-27)20-5-2-6-22(31)28(20)13-16/h1-6,10,16-17,19H,7-9,11-14H2,(H,26,33). The molecule has 3 atom stereocenters. The molecule has 2 aromatic rings. The van der Waals surface area contributed by atoms with Crippen LogP contribution in [0.3, 0.4) is 0 Å². The fourth-order valence-electron chi connectivity index (χ4n) is 5.27. The van der Waals surface area contributed by atoms with E-state index in [-0.39, 0.29) is 48.6 Å². The van der Waals surface area contributed by atoms with Gasteiger partial charge in [-0.2, -0.15) is 0 Å². The third-order valence-electron chi connectivity index (χ3n) is 6.82. The Labute approximate surface area is 196 Å². The third kappa shape index (κ3) is 4.27. The minimum Gasteiger partial charge on any atom is -0.342 e. The molecule has 0 radical (unpaired) electrons. The van der Waals surface area contributed by atoms with Gasteiger partial charge in [-0.1, -0.05) is 29.8 Å². The zero-order chi connectivity index (χ0) is 23.1. The van der Waals surface area contributed by atoms with Crippen molar-refractivity contribution >= 4 is 29.4 Å². The first-order chi connectivity index (χ1) is 15.9. The van der Waals surface area contributed by atoms with E-state index in [1.165, 1.54) is 4.90 Å². The quantitative estimate of drug-likeness (QED) is 0.682. The van der Waals surface area contributed by atoms with Gasteiger partial charge in [-0.05, 0) is 42.5 Å². The fraction of sp³-hybridized carbons (Fsp3) is 0.417. The minimum atomic E-state index is -0.704. The van der Waals surface area contributed by atoms with Gasteiger partial charge in [0.05, 0.1) is 6.54 Å². The lowest BCUT2D eigenvalue weighted by Crippen LogP contribution is -2.49. The Hall–Kier alpha value is -3.13. The van der Waals surface area contributed by atoms with Crippen LogP contribution >= 0.6 is 11.6 Å². The third-order valence-corrected chi connectivity index (χ3v) is 7.05. The molecule has 3 aliphatic rings. The van der Waals surface area contributed by atoms with Crippen molar-refractivity contribution in [2.24, 2.45) is 5.92 Å². The first-order valence-corrected chi connectivity index (χ1v) is 11.6. The van der Waals surface area contributed by atoms with Crippen molar-refractivity contribution in [3.8, 4) is 0 Å². The summed E-state index contributed by atoms with van der Waals surface area (Å²) in [6.45, 7) is 1.96. The number of amides is 4. The van der Waals surface area contributed by atoms with Gasteiger partial charge in [0.2, 0.25) is 5.91 Å². The van der Waals surface area contributed by atoms with Crippen LogP contribution in [-0.2, 0) is 22.7 Å². The van der Waals surface area contributed by atoms with Gasteiger partial charge in [0.25, 0.3) is 11.5 Å². The average molecular weight is 469 g/mol. The van der Waals surface area contributed by atoms with E-state index in [1.807, 2.05) is 21.6 Å². The molecule has 1 aromatic carbocycles. The molecule has 3 aliphatic heterocycles. The second-order valence-electron chi connectivity index (χ2n) is 9.09. The molecule has 2 fully saturated rings. The highest BCUT2D eigenvalue weighted by Gasteiger charge is 2.39. The Morgan fingerprint density at radius 1 is 1.06 bits per heavy atom. The molecule has 0 aliphatic carbocycles. The second-order valence-corrected chi connectivity index (χ2v) is 9.53. The molecule has 4 heterocycles. The van der Waals surface area contributed by atoms with E-state index in [0.29, 0.717) is 24.7 Å². The van der Waals surface area contributed by atoms with Crippen molar-refractivity contribution in [1.82, 2.24) is 19.7 Å². The van der Waals surface area contributed by atoms with Crippen LogP contribution in [0.5, 0.6) is 0 Å². The number of hydrogen-bond donors (Lipinski definition) is 1. The highest BCUT2D eigenvalue weighted by Crippen LogP contribution is 2.35. The number of imide groups is 1. The normalized spacial score (nSPS) is 24.0. The zero-order valence-corrected chi connectivity index (χ0v) is 18.8. The molecule has 8 nitrogen and oxygen atoms in total. The van der Waals surface area contributed by atoms with E-state index >= 15 is 0 Å². The van der Waals surface area contributed by atoms with Gasteiger partial charge in [0.15, 0.2) is 0 Å². The van der Waals surface area contributed by atoms with Gasteiger partial charge < -0.3 is 14.8 Å². The summed E-state index contributed by atoms with van der Waals surface area (Å²) in [7, 11) is 0. The van der Waals surface area contributed by atoms with Gasteiger partial charge >= 0.3 is 6.03 Å². The monoisotopic (exact) mass is 468 g/mol. The van der Waals surface area contributed by atoms with Gasteiger partial charge in [0.1, 0.15) is 6.04 Å². The van der Waals surface area contributed by atoms with Crippen molar-refractivity contribution in [2.45, 2.75) is 44.3 Å². The lowest BCUT2D eigenvalue weighted by atomic mass is 9.83. The molecule has 5 rings (SSSR count). The number of hydrogen-bond acceptors (Lipinski definition) is 4. The molecular formula is C24H25ClN4O4. The van der Waals surface area contributed by atoms with Crippen molar-refractivity contribution in [2.75, 3.05) is 13.1 Å². The minimum absolute atomic E-state index is 0.0137. The second kappa shape index (κ2) is 8.67. The van der Waals surface area contributed by atoms with E-state index in [9.17, 15) is 19.2 Å². The van der Waals surface area contributed by atoms with E-state index in [4.69, 9.17) is 11.6 Å². The van der Waals surface area contributed by atoms with Crippen LogP contribution in [0.1, 0.15) is 36.4 Å². The van der Waals surface area contributed by atoms with Gasteiger partial charge in [-0.15, -0.1) is 0 Å². The lowest BCUT2D eigenvalue weighted by Gasteiger charge is -2.42. The maximum absolute atomic E-state index is 13.0. The number of nitrogens with zero attached hydrogens (tertiary/aromatic N) is 3. The number of halogens is 1. The Bertz CT molecular complexity index is 1180. The average Bonchev–Trinajstić information content (AvgIpc) is 3.05. The Kier molecular flexibility index (Phi) is 5.70. The summed E-state index contributed by atoms with van der Waals surface area (Å²) in [5, 5.41) is 3.24. The van der Waals surface area contributed by atoms with Crippen LogP contribution in [0.25, 0.3) is 0 Å². The summed E-state index contributed by atoms with van der Waals surface area (Å²) in [4.78, 5) is 53.3. The van der Waals surface area contributed by atoms with Crippen LogP contribution in [0.2, 0.25) is 5.02 Å².